The lowest BCUT2D eigenvalue weighted by molar-refractivity contribution is -0.144. The molecule has 3 aromatic carbocycles. The molecule has 0 spiro atoms. The Morgan fingerprint density at radius 3 is 2.38 bits per heavy atom. The van der Waals surface area contributed by atoms with E-state index in [9.17, 15) is 4.79 Å². The third-order valence-corrected chi connectivity index (χ3v) is 9.51. The fraction of sp³-hybridized carbons (Fsp3) is 0.382. The van der Waals surface area contributed by atoms with Gasteiger partial charge in [-0.1, -0.05) is 30.3 Å². The number of piperazine rings is 1. The molecule has 218 valence electrons. The first-order valence-electron chi connectivity index (χ1n) is 14.5. The van der Waals surface area contributed by atoms with Crippen molar-refractivity contribution in [2.24, 2.45) is 0 Å². The number of carbonyl (C=O) groups excluding carboxylic acids is 1. The second kappa shape index (κ2) is 10.7. The van der Waals surface area contributed by atoms with Gasteiger partial charge in [0.2, 0.25) is 6.79 Å². The highest BCUT2D eigenvalue weighted by Crippen LogP contribution is 2.52. The summed E-state index contributed by atoms with van der Waals surface area (Å²) in [5.41, 5.74) is 5.86. The zero-order chi connectivity index (χ0) is 29.0. The molecule has 0 amide bonds. The van der Waals surface area contributed by atoms with Crippen molar-refractivity contribution in [3.63, 3.8) is 0 Å². The lowest BCUT2D eigenvalue weighted by atomic mass is 9.73. The number of benzene rings is 3. The second-order valence-electron chi connectivity index (χ2n) is 11.5. The Morgan fingerprint density at radius 1 is 0.929 bits per heavy atom. The molecule has 1 fully saturated rings. The molecule has 8 nitrogen and oxygen atoms in total. The predicted molar refractivity (Wildman–Crippen MR) is 158 cm³/mol. The van der Waals surface area contributed by atoms with E-state index in [0.717, 1.165) is 47.0 Å². The summed E-state index contributed by atoms with van der Waals surface area (Å²) in [5.74, 6) is 2.67. The van der Waals surface area contributed by atoms with Crippen molar-refractivity contribution in [3.05, 3.63) is 88.5 Å². The molecule has 4 aliphatic heterocycles. The van der Waals surface area contributed by atoms with Crippen molar-refractivity contribution in [1.29, 1.82) is 0 Å². The van der Waals surface area contributed by atoms with Crippen LogP contribution in [0, 0.1) is 0 Å². The Balaban J connectivity index is 1.26. The van der Waals surface area contributed by atoms with Gasteiger partial charge in [-0.2, -0.15) is 0 Å². The Hall–Kier alpha value is -4.01. The van der Waals surface area contributed by atoms with Gasteiger partial charge in [-0.3, -0.25) is 9.80 Å². The molecule has 42 heavy (non-hydrogen) atoms. The third kappa shape index (κ3) is 4.41. The molecule has 2 bridgehead atoms. The fourth-order valence-corrected chi connectivity index (χ4v) is 7.56. The number of likely N-dealkylation sites (N-methyl/N-ethyl adjacent to an activating group) is 1. The molecule has 0 radical (unpaired) electrons. The van der Waals surface area contributed by atoms with Crippen LogP contribution in [0.2, 0.25) is 0 Å². The molecule has 0 N–H and O–H groups in total. The average molecular weight is 569 g/mol. The Morgan fingerprint density at radius 2 is 1.62 bits per heavy atom. The monoisotopic (exact) mass is 568 g/mol. The minimum Gasteiger partial charge on any atom is -0.493 e. The summed E-state index contributed by atoms with van der Waals surface area (Å²) in [5, 5.41) is 0. The number of carbonyl (C=O) groups is 1. The largest absolute Gasteiger partial charge is 0.493 e. The summed E-state index contributed by atoms with van der Waals surface area (Å²) in [7, 11) is 5.61. The summed E-state index contributed by atoms with van der Waals surface area (Å²) < 4.78 is 28.9. The smallest absolute Gasteiger partial charge is 0.330 e. The molecule has 8 heteroatoms. The minimum absolute atomic E-state index is 0.127. The van der Waals surface area contributed by atoms with Gasteiger partial charge in [-0.05, 0) is 85.0 Å². The van der Waals surface area contributed by atoms with E-state index >= 15 is 0 Å². The van der Waals surface area contributed by atoms with Crippen LogP contribution in [0.3, 0.4) is 0 Å². The third-order valence-electron chi connectivity index (χ3n) is 9.51. The van der Waals surface area contributed by atoms with Crippen LogP contribution in [0.5, 0.6) is 23.0 Å². The predicted octanol–water partition coefficient (Wildman–Crippen LogP) is 4.96. The van der Waals surface area contributed by atoms with Gasteiger partial charge in [-0.15, -0.1) is 0 Å². The maximum atomic E-state index is 12.9. The number of hydrogen-bond donors (Lipinski definition) is 0. The minimum atomic E-state index is -0.354. The van der Waals surface area contributed by atoms with E-state index in [0.29, 0.717) is 0 Å². The van der Waals surface area contributed by atoms with Crippen LogP contribution in [-0.4, -0.2) is 68.6 Å². The van der Waals surface area contributed by atoms with Crippen LogP contribution in [0.15, 0.2) is 60.7 Å². The summed E-state index contributed by atoms with van der Waals surface area (Å²) in [6, 6.07) is 18.9. The van der Waals surface area contributed by atoms with Crippen LogP contribution in [-0.2, 0) is 22.4 Å². The number of esters is 1. The SMILES string of the molecule is COc1cc2c(cc1OC)C1C3Cc4cc5c(cc4C(COC(=O)C=Cc4ccccc4)N3C(C)C(C2)N1C)OCO5. The van der Waals surface area contributed by atoms with Gasteiger partial charge in [0.05, 0.1) is 26.3 Å². The van der Waals surface area contributed by atoms with Crippen molar-refractivity contribution >= 4 is 12.0 Å². The molecule has 0 aromatic heterocycles. The topological polar surface area (TPSA) is 69.7 Å². The van der Waals surface area contributed by atoms with E-state index in [1.807, 2.05) is 30.3 Å². The lowest BCUT2D eigenvalue weighted by Crippen LogP contribution is -2.68. The molecular weight excluding hydrogens is 532 g/mol. The van der Waals surface area contributed by atoms with E-state index in [1.165, 1.54) is 22.8 Å². The Labute approximate surface area is 246 Å². The van der Waals surface area contributed by atoms with E-state index in [4.69, 9.17) is 23.7 Å². The number of fused-ring (bicyclic) bond motifs is 8. The van der Waals surface area contributed by atoms with E-state index in [-0.39, 0.29) is 49.6 Å². The maximum absolute atomic E-state index is 12.9. The maximum Gasteiger partial charge on any atom is 0.330 e. The van der Waals surface area contributed by atoms with Gasteiger partial charge in [0.25, 0.3) is 0 Å². The highest BCUT2D eigenvalue weighted by atomic mass is 16.7. The van der Waals surface area contributed by atoms with Gasteiger partial charge in [0.15, 0.2) is 23.0 Å². The number of hydrogen-bond acceptors (Lipinski definition) is 8. The molecule has 1 saturated heterocycles. The molecule has 3 aromatic rings. The quantitative estimate of drug-likeness (QED) is 0.306. The molecule has 4 heterocycles. The van der Waals surface area contributed by atoms with Gasteiger partial charge in [-0.25, -0.2) is 4.79 Å². The van der Waals surface area contributed by atoms with Crippen molar-refractivity contribution < 1.29 is 28.5 Å². The zero-order valence-electron chi connectivity index (χ0n) is 24.4. The number of rotatable bonds is 6. The normalized spacial score (nSPS) is 25.9. The van der Waals surface area contributed by atoms with Crippen LogP contribution in [0.1, 0.15) is 46.8 Å². The second-order valence-corrected chi connectivity index (χ2v) is 11.5. The average Bonchev–Trinajstić information content (AvgIpc) is 3.47. The van der Waals surface area contributed by atoms with E-state index in [1.54, 1.807) is 20.3 Å². The standard InChI is InChI=1S/C34H36N2O6/c1-20-26-12-23-14-29(38-3)30(39-4)17-25(23)34(35(26)2)27-13-22-15-31-32(42-19-41-31)16-24(22)28(36(20)27)18-40-33(37)11-10-21-8-6-5-7-9-21/h5-11,14-17,20,26-28,34H,12-13,18-19H2,1-4H3. The molecule has 0 saturated carbocycles. The van der Waals surface area contributed by atoms with Gasteiger partial charge < -0.3 is 23.7 Å². The van der Waals surface area contributed by atoms with Crippen molar-refractivity contribution in [3.8, 4) is 23.0 Å². The van der Waals surface area contributed by atoms with E-state index in [2.05, 4.69) is 48.0 Å². The van der Waals surface area contributed by atoms with Crippen LogP contribution in [0.4, 0.5) is 0 Å². The fourth-order valence-electron chi connectivity index (χ4n) is 7.56. The van der Waals surface area contributed by atoms with Crippen molar-refractivity contribution in [2.45, 2.75) is 50.0 Å². The summed E-state index contributed by atoms with van der Waals surface area (Å²) in [6.45, 7) is 2.76. The molecule has 4 aliphatic rings. The number of nitrogens with zero attached hydrogens (tertiary/aromatic N) is 2. The van der Waals surface area contributed by atoms with E-state index < -0.39 is 0 Å². The van der Waals surface area contributed by atoms with Gasteiger partial charge in [0, 0.05) is 24.2 Å². The summed E-state index contributed by atoms with van der Waals surface area (Å²) in [6.07, 6.45) is 5.03. The lowest BCUT2D eigenvalue weighted by Gasteiger charge is -2.61. The Bertz CT molecular complexity index is 1540. The molecular formula is C34H36N2O6. The zero-order valence-corrected chi connectivity index (χ0v) is 24.4. The summed E-state index contributed by atoms with van der Waals surface area (Å²) in [4.78, 5) is 18.1. The molecule has 5 unspecified atom stereocenters. The first kappa shape index (κ1) is 26.9. The molecule has 7 rings (SSSR count). The molecule has 0 aliphatic carbocycles. The summed E-state index contributed by atoms with van der Waals surface area (Å²) >= 11 is 0. The van der Waals surface area contributed by atoms with Crippen LogP contribution < -0.4 is 18.9 Å². The highest BCUT2D eigenvalue weighted by molar-refractivity contribution is 5.87. The first-order valence-corrected chi connectivity index (χ1v) is 14.5. The number of methoxy groups -OCH3 is 2. The number of ether oxygens (including phenoxy) is 5. The van der Waals surface area contributed by atoms with Gasteiger partial charge in [0.1, 0.15) is 6.61 Å². The molecule has 5 atom stereocenters. The van der Waals surface area contributed by atoms with Crippen molar-refractivity contribution in [2.75, 3.05) is 34.7 Å². The van der Waals surface area contributed by atoms with Crippen LogP contribution >= 0.6 is 0 Å². The van der Waals surface area contributed by atoms with Crippen molar-refractivity contribution in [1.82, 2.24) is 9.80 Å². The highest BCUT2D eigenvalue weighted by Gasteiger charge is 2.53. The van der Waals surface area contributed by atoms with Crippen LogP contribution in [0.25, 0.3) is 6.08 Å². The van der Waals surface area contributed by atoms with Gasteiger partial charge >= 0.3 is 5.97 Å². The Kier molecular flexibility index (Phi) is 6.83. The first-order chi connectivity index (χ1) is 20.5.